The first kappa shape index (κ1) is 14.3. The van der Waals surface area contributed by atoms with Crippen LogP contribution in [0.15, 0.2) is 24.7 Å². The van der Waals surface area contributed by atoms with Crippen LogP contribution in [0.5, 0.6) is 0 Å². The summed E-state index contributed by atoms with van der Waals surface area (Å²) in [5.41, 5.74) is -1.57. The van der Waals surface area contributed by atoms with Crippen molar-refractivity contribution in [1.29, 1.82) is 0 Å². The average Bonchev–Trinajstić information content (AvgIpc) is 2.64. The Labute approximate surface area is 114 Å². The second-order valence-corrected chi connectivity index (χ2v) is 4.68. The maximum atomic E-state index is 14.1. The number of aliphatic hydroxyl groups excluding tert-OH is 2. The first-order valence-electron chi connectivity index (χ1n) is 5.58. The molecular weight excluding hydrogens is 279 g/mol. The molecular formula is C11H14ClFN2O4. The third-order valence-electron chi connectivity index (χ3n) is 3.20. The van der Waals surface area contributed by atoms with Gasteiger partial charge in [-0.3, -0.25) is 4.79 Å². The summed E-state index contributed by atoms with van der Waals surface area (Å²) in [6.45, 7) is 2.95. The number of nitrogens with zero attached hydrogens (tertiary/aromatic N) is 1. The van der Waals surface area contributed by atoms with Crippen molar-refractivity contribution in [3.05, 3.63) is 24.7 Å². The van der Waals surface area contributed by atoms with E-state index in [9.17, 15) is 19.4 Å². The maximum absolute atomic E-state index is 14.1. The fraction of sp³-hybridized carbons (Fsp3) is 0.545. The van der Waals surface area contributed by atoms with Gasteiger partial charge in [0.1, 0.15) is 17.5 Å². The standard InChI is InChI=1S/C11H14ClFN2O4/c1-6-14-7(17)2-3-15(6)10-8(13)9(18)11(4-12,5-16)19-10/h2-3,8-10,16,18H,1,4-5H2,(H,14,17)/t8-,9-,10+,11+/m0/s1. The molecule has 0 aliphatic carbocycles. The number of amides is 1. The number of rotatable bonds is 3. The summed E-state index contributed by atoms with van der Waals surface area (Å²) in [7, 11) is 0. The Hall–Kier alpha value is -1.15. The number of nitrogens with one attached hydrogen (secondary N) is 1. The van der Waals surface area contributed by atoms with Gasteiger partial charge in [0.05, 0.1) is 12.5 Å². The third kappa shape index (κ3) is 2.23. The Kier molecular flexibility index (Phi) is 3.82. The van der Waals surface area contributed by atoms with Crippen LogP contribution in [0.2, 0.25) is 0 Å². The summed E-state index contributed by atoms with van der Waals surface area (Å²) in [6, 6.07) is 0. The lowest BCUT2D eigenvalue weighted by Crippen LogP contribution is -2.47. The van der Waals surface area contributed by atoms with Gasteiger partial charge in [0.25, 0.3) is 5.91 Å². The zero-order valence-corrected chi connectivity index (χ0v) is 10.7. The smallest absolute Gasteiger partial charge is 0.250 e. The van der Waals surface area contributed by atoms with Crippen molar-refractivity contribution in [3.8, 4) is 0 Å². The number of alkyl halides is 2. The predicted octanol–water partition coefficient (Wildman–Crippen LogP) is -0.572. The van der Waals surface area contributed by atoms with E-state index in [4.69, 9.17) is 16.3 Å². The lowest BCUT2D eigenvalue weighted by molar-refractivity contribution is -0.127. The van der Waals surface area contributed by atoms with E-state index in [0.717, 1.165) is 0 Å². The van der Waals surface area contributed by atoms with Crippen molar-refractivity contribution in [3.63, 3.8) is 0 Å². The number of aliphatic hydroxyl groups is 2. The van der Waals surface area contributed by atoms with Crippen molar-refractivity contribution >= 4 is 17.5 Å². The molecule has 106 valence electrons. The number of halogens is 2. The SMILES string of the molecule is C=C1NC(=O)C=CN1[C@@H]1O[C@@](CO)(CCl)[C@@H](O)[C@@H]1F. The largest absolute Gasteiger partial charge is 0.393 e. The number of ether oxygens (including phenoxy) is 1. The van der Waals surface area contributed by atoms with Gasteiger partial charge in [-0.15, -0.1) is 11.6 Å². The van der Waals surface area contributed by atoms with Crippen molar-refractivity contribution in [2.45, 2.75) is 24.1 Å². The Morgan fingerprint density at radius 1 is 1.68 bits per heavy atom. The number of hydrogen-bond acceptors (Lipinski definition) is 5. The van der Waals surface area contributed by atoms with E-state index in [1.807, 2.05) is 0 Å². The van der Waals surface area contributed by atoms with Crippen molar-refractivity contribution in [2.75, 3.05) is 12.5 Å². The van der Waals surface area contributed by atoms with Gasteiger partial charge >= 0.3 is 0 Å². The zero-order valence-electron chi connectivity index (χ0n) is 9.92. The van der Waals surface area contributed by atoms with Crippen LogP contribution in [0, 0.1) is 0 Å². The van der Waals surface area contributed by atoms with Gasteiger partial charge in [-0.2, -0.15) is 0 Å². The highest BCUT2D eigenvalue weighted by Crippen LogP contribution is 2.36. The van der Waals surface area contributed by atoms with Crippen LogP contribution in [0.3, 0.4) is 0 Å². The van der Waals surface area contributed by atoms with E-state index >= 15 is 0 Å². The van der Waals surface area contributed by atoms with Gasteiger partial charge in [-0.05, 0) is 0 Å². The minimum atomic E-state index is -1.80. The van der Waals surface area contributed by atoms with E-state index < -0.39 is 30.7 Å². The molecule has 19 heavy (non-hydrogen) atoms. The highest BCUT2D eigenvalue weighted by molar-refractivity contribution is 6.18. The van der Waals surface area contributed by atoms with Crippen molar-refractivity contribution in [2.24, 2.45) is 0 Å². The zero-order chi connectivity index (χ0) is 14.2. The molecule has 2 aliphatic rings. The summed E-state index contributed by atoms with van der Waals surface area (Å²) >= 11 is 5.65. The van der Waals surface area contributed by atoms with Crippen LogP contribution < -0.4 is 5.32 Å². The second-order valence-electron chi connectivity index (χ2n) is 4.41. The van der Waals surface area contributed by atoms with E-state index in [-0.39, 0.29) is 17.6 Å². The van der Waals surface area contributed by atoms with Crippen LogP contribution in [0.1, 0.15) is 0 Å². The molecule has 3 N–H and O–H groups in total. The molecule has 1 amide bonds. The fourth-order valence-corrected chi connectivity index (χ4v) is 2.35. The molecule has 0 radical (unpaired) electrons. The molecule has 2 heterocycles. The number of carbonyl (C=O) groups is 1. The quantitative estimate of drug-likeness (QED) is 0.607. The lowest BCUT2D eigenvalue weighted by Gasteiger charge is -2.33. The predicted molar refractivity (Wildman–Crippen MR) is 64.6 cm³/mol. The third-order valence-corrected chi connectivity index (χ3v) is 3.65. The first-order chi connectivity index (χ1) is 8.95. The average molecular weight is 293 g/mol. The topological polar surface area (TPSA) is 82.0 Å². The molecule has 8 heteroatoms. The molecule has 1 saturated heterocycles. The van der Waals surface area contributed by atoms with Gasteiger partial charge in [0.15, 0.2) is 12.4 Å². The highest BCUT2D eigenvalue weighted by atomic mass is 35.5. The van der Waals surface area contributed by atoms with Gasteiger partial charge in [0.2, 0.25) is 0 Å². The molecule has 0 saturated carbocycles. The Morgan fingerprint density at radius 2 is 2.37 bits per heavy atom. The summed E-state index contributed by atoms with van der Waals surface area (Å²) in [5, 5.41) is 21.5. The van der Waals surface area contributed by atoms with Gasteiger partial charge in [-0.1, -0.05) is 6.58 Å². The van der Waals surface area contributed by atoms with Crippen LogP contribution in [-0.4, -0.2) is 57.6 Å². The van der Waals surface area contributed by atoms with Gasteiger partial charge in [0, 0.05) is 12.3 Å². The van der Waals surface area contributed by atoms with E-state index in [1.165, 1.54) is 17.2 Å². The number of carbonyl (C=O) groups excluding carboxylic acids is 1. The second kappa shape index (κ2) is 5.09. The Morgan fingerprint density at radius 3 is 2.84 bits per heavy atom. The number of hydrogen-bond donors (Lipinski definition) is 3. The molecule has 0 aromatic carbocycles. The fourth-order valence-electron chi connectivity index (χ4n) is 2.04. The van der Waals surface area contributed by atoms with Crippen LogP contribution >= 0.6 is 11.6 Å². The van der Waals surface area contributed by atoms with Crippen molar-refractivity contribution < 1.29 is 24.1 Å². The summed E-state index contributed by atoms with van der Waals surface area (Å²) < 4.78 is 19.5. The van der Waals surface area contributed by atoms with Gasteiger partial charge in [-0.25, -0.2) is 4.39 Å². The molecule has 0 spiro atoms. The van der Waals surface area contributed by atoms with Crippen LogP contribution in [0.25, 0.3) is 0 Å². The minimum Gasteiger partial charge on any atom is -0.393 e. The molecule has 0 unspecified atom stereocenters. The summed E-state index contributed by atoms with van der Waals surface area (Å²) in [6.07, 6.45) is -2.12. The molecule has 0 aromatic rings. The van der Waals surface area contributed by atoms with Crippen LogP contribution in [0.4, 0.5) is 4.39 Å². The highest BCUT2D eigenvalue weighted by Gasteiger charge is 2.56. The molecule has 0 bridgehead atoms. The molecule has 0 aromatic heterocycles. The van der Waals surface area contributed by atoms with Crippen molar-refractivity contribution in [1.82, 2.24) is 10.2 Å². The first-order valence-corrected chi connectivity index (χ1v) is 6.12. The summed E-state index contributed by atoms with van der Waals surface area (Å²) in [4.78, 5) is 12.3. The molecule has 1 fully saturated rings. The Bertz CT molecular complexity index is 427. The van der Waals surface area contributed by atoms with E-state index in [0.29, 0.717) is 0 Å². The van der Waals surface area contributed by atoms with E-state index in [2.05, 4.69) is 11.9 Å². The van der Waals surface area contributed by atoms with Gasteiger partial charge < -0.3 is 25.2 Å². The molecule has 2 rings (SSSR count). The Balaban J connectivity index is 2.25. The summed E-state index contributed by atoms with van der Waals surface area (Å²) in [5.74, 6) is -0.533. The normalized spacial score (nSPS) is 38.7. The van der Waals surface area contributed by atoms with Crippen LogP contribution in [-0.2, 0) is 9.53 Å². The minimum absolute atomic E-state index is 0.121. The molecule has 2 aliphatic heterocycles. The monoisotopic (exact) mass is 292 g/mol. The maximum Gasteiger partial charge on any atom is 0.250 e. The molecule has 4 atom stereocenters. The van der Waals surface area contributed by atoms with E-state index in [1.54, 1.807) is 0 Å². The molecule has 6 nitrogen and oxygen atoms in total. The lowest BCUT2D eigenvalue weighted by atomic mass is 9.99.